The molecule has 27 heavy (non-hydrogen) atoms. The zero-order valence-corrected chi connectivity index (χ0v) is 16.7. The minimum absolute atomic E-state index is 0.0376. The highest BCUT2D eigenvalue weighted by Crippen LogP contribution is 2.25. The molecule has 1 aromatic heterocycles. The number of carbonyl (C=O) groups is 1. The molecule has 0 bridgehead atoms. The third-order valence-corrected chi connectivity index (χ3v) is 5.14. The first-order chi connectivity index (χ1) is 13.0. The summed E-state index contributed by atoms with van der Waals surface area (Å²) < 4.78 is 11.5. The van der Waals surface area contributed by atoms with E-state index in [2.05, 4.69) is 10.2 Å². The average molecular weight is 391 g/mol. The highest BCUT2D eigenvalue weighted by molar-refractivity contribution is 6.30. The van der Waals surface area contributed by atoms with Crippen LogP contribution in [0.2, 0.25) is 5.02 Å². The van der Waals surface area contributed by atoms with Gasteiger partial charge in [-0.05, 0) is 76.2 Å². The lowest BCUT2D eigenvalue weighted by molar-refractivity contribution is -0.134. The van der Waals surface area contributed by atoms with E-state index in [1.807, 2.05) is 12.1 Å². The first-order valence-corrected chi connectivity index (χ1v) is 9.84. The van der Waals surface area contributed by atoms with Crippen molar-refractivity contribution in [3.8, 4) is 5.75 Å². The summed E-state index contributed by atoms with van der Waals surface area (Å²) in [5, 5.41) is 3.68. The highest BCUT2D eigenvalue weighted by Gasteiger charge is 2.32. The van der Waals surface area contributed by atoms with Crippen molar-refractivity contribution in [3.63, 3.8) is 0 Å². The molecule has 1 aliphatic heterocycles. The van der Waals surface area contributed by atoms with Crippen molar-refractivity contribution in [2.45, 2.75) is 44.8 Å². The minimum atomic E-state index is -0.997. The number of benzene rings is 1. The normalized spacial score (nSPS) is 16.7. The Morgan fingerprint density at radius 1 is 1.22 bits per heavy atom. The summed E-state index contributed by atoms with van der Waals surface area (Å²) in [4.78, 5) is 15.2. The molecule has 5 nitrogen and oxygen atoms in total. The minimum Gasteiger partial charge on any atom is -0.478 e. The summed E-state index contributed by atoms with van der Waals surface area (Å²) in [6.07, 6.45) is 5.30. The van der Waals surface area contributed by atoms with Crippen LogP contribution >= 0.6 is 11.6 Å². The van der Waals surface area contributed by atoms with E-state index >= 15 is 0 Å². The Hall–Kier alpha value is -1.98. The summed E-state index contributed by atoms with van der Waals surface area (Å²) in [7, 11) is 0. The Morgan fingerprint density at radius 2 is 1.93 bits per heavy atom. The molecule has 0 aliphatic carbocycles. The SMILES string of the molecule is CC(C)(Oc1ccc(Cl)cc1)C(=O)NC[C@H](c1ccco1)N1CCCCC1. The molecule has 3 rings (SSSR count). The van der Waals surface area contributed by atoms with E-state index in [4.69, 9.17) is 20.8 Å². The third-order valence-electron chi connectivity index (χ3n) is 4.89. The van der Waals surface area contributed by atoms with Crippen molar-refractivity contribution in [2.75, 3.05) is 19.6 Å². The number of hydrogen-bond donors (Lipinski definition) is 1. The topological polar surface area (TPSA) is 54.7 Å². The fourth-order valence-electron chi connectivity index (χ4n) is 3.37. The smallest absolute Gasteiger partial charge is 0.263 e. The number of halogens is 1. The van der Waals surface area contributed by atoms with E-state index in [1.165, 1.54) is 19.3 Å². The van der Waals surface area contributed by atoms with Gasteiger partial charge in [-0.25, -0.2) is 0 Å². The van der Waals surface area contributed by atoms with E-state index in [-0.39, 0.29) is 11.9 Å². The monoisotopic (exact) mass is 390 g/mol. The zero-order chi connectivity index (χ0) is 19.3. The molecule has 2 aromatic rings. The Morgan fingerprint density at radius 3 is 2.56 bits per heavy atom. The number of furan rings is 1. The van der Waals surface area contributed by atoms with E-state index in [9.17, 15) is 4.79 Å². The van der Waals surface area contributed by atoms with Crippen LogP contribution in [0.5, 0.6) is 5.75 Å². The van der Waals surface area contributed by atoms with Crippen LogP contribution in [0.3, 0.4) is 0 Å². The number of nitrogens with one attached hydrogen (secondary N) is 1. The van der Waals surface area contributed by atoms with E-state index < -0.39 is 5.60 Å². The number of ether oxygens (including phenoxy) is 1. The average Bonchev–Trinajstić information content (AvgIpc) is 3.19. The molecule has 1 atom stereocenters. The van der Waals surface area contributed by atoms with Gasteiger partial charge in [0.1, 0.15) is 11.5 Å². The molecule has 6 heteroatoms. The Bertz CT molecular complexity index is 722. The number of piperidine rings is 1. The van der Waals surface area contributed by atoms with Gasteiger partial charge in [0.15, 0.2) is 5.60 Å². The van der Waals surface area contributed by atoms with Crippen LogP contribution in [0.15, 0.2) is 47.1 Å². The number of carbonyl (C=O) groups excluding carboxylic acids is 1. The Labute approximate surface area is 165 Å². The molecule has 1 fully saturated rings. The van der Waals surface area contributed by atoms with Crippen LogP contribution in [-0.4, -0.2) is 36.0 Å². The van der Waals surface area contributed by atoms with E-state index in [0.29, 0.717) is 17.3 Å². The van der Waals surface area contributed by atoms with Gasteiger partial charge < -0.3 is 14.5 Å². The van der Waals surface area contributed by atoms with Crippen molar-refractivity contribution in [1.29, 1.82) is 0 Å². The number of nitrogens with zero attached hydrogens (tertiary/aromatic N) is 1. The second-order valence-electron chi connectivity index (χ2n) is 7.40. The van der Waals surface area contributed by atoms with Crippen molar-refractivity contribution < 1.29 is 13.9 Å². The van der Waals surface area contributed by atoms with Crippen molar-refractivity contribution >= 4 is 17.5 Å². The fraction of sp³-hybridized carbons (Fsp3) is 0.476. The molecular formula is C21H27ClN2O3. The molecule has 0 spiro atoms. The second kappa shape index (κ2) is 8.81. The first-order valence-electron chi connectivity index (χ1n) is 9.46. The van der Waals surface area contributed by atoms with Crippen molar-refractivity contribution in [2.24, 2.45) is 0 Å². The maximum atomic E-state index is 12.8. The van der Waals surface area contributed by atoms with E-state index in [0.717, 1.165) is 18.8 Å². The zero-order valence-electron chi connectivity index (χ0n) is 15.9. The van der Waals surface area contributed by atoms with Crippen molar-refractivity contribution in [3.05, 3.63) is 53.4 Å². The van der Waals surface area contributed by atoms with Crippen molar-refractivity contribution in [1.82, 2.24) is 10.2 Å². The van der Waals surface area contributed by atoms with Gasteiger partial charge in [0.25, 0.3) is 5.91 Å². The molecule has 1 saturated heterocycles. The lowest BCUT2D eigenvalue weighted by atomic mass is 10.1. The summed E-state index contributed by atoms with van der Waals surface area (Å²) in [6, 6.07) is 10.9. The molecule has 2 heterocycles. The molecule has 1 aromatic carbocycles. The summed E-state index contributed by atoms with van der Waals surface area (Å²) in [5.41, 5.74) is -0.997. The van der Waals surface area contributed by atoms with Crippen LogP contribution in [-0.2, 0) is 4.79 Å². The number of amides is 1. The molecular weight excluding hydrogens is 364 g/mol. The van der Waals surface area contributed by atoms with Gasteiger partial charge in [0.05, 0.1) is 12.3 Å². The standard InChI is InChI=1S/C21H27ClN2O3/c1-21(2,27-17-10-8-16(22)9-11-17)20(25)23-15-18(19-7-6-14-26-19)24-12-4-3-5-13-24/h6-11,14,18H,3-5,12-13,15H2,1-2H3,(H,23,25)/t18-/m1/s1. The predicted molar refractivity (Wildman–Crippen MR) is 106 cm³/mol. The Kier molecular flexibility index (Phi) is 6.45. The van der Waals surface area contributed by atoms with Gasteiger partial charge in [-0.2, -0.15) is 0 Å². The second-order valence-corrected chi connectivity index (χ2v) is 7.84. The fourth-order valence-corrected chi connectivity index (χ4v) is 3.49. The molecule has 1 amide bonds. The molecule has 1 N–H and O–H groups in total. The van der Waals surface area contributed by atoms with Gasteiger partial charge in [-0.15, -0.1) is 0 Å². The molecule has 0 unspecified atom stereocenters. The van der Waals surface area contributed by atoms with Crippen LogP contribution in [0, 0.1) is 0 Å². The maximum Gasteiger partial charge on any atom is 0.263 e. The summed E-state index contributed by atoms with van der Waals surface area (Å²) in [6.45, 7) is 6.05. The number of hydrogen-bond acceptors (Lipinski definition) is 4. The molecule has 0 radical (unpaired) electrons. The van der Waals surface area contributed by atoms with E-state index in [1.54, 1.807) is 44.4 Å². The third kappa shape index (κ3) is 5.27. The summed E-state index contributed by atoms with van der Waals surface area (Å²) >= 11 is 5.90. The summed E-state index contributed by atoms with van der Waals surface area (Å²) in [5.74, 6) is 1.33. The van der Waals surface area contributed by atoms with Gasteiger partial charge in [0, 0.05) is 11.6 Å². The Balaban J connectivity index is 1.63. The molecule has 146 valence electrons. The number of rotatable bonds is 7. The largest absolute Gasteiger partial charge is 0.478 e. The van der Waals surface area contributed by atoms with Gasteiger partial charge in [-0.1, -0.05) is 18.0 Å². The highest BCUT2D eigenvalue weighted by atomic mass is 35.5. The lowest BCUT2D eigenvalue weighted by Gasteiger charge is -2.34. The van der Waals surface area contributed by atoms with Crippen LogP contribution in [0.1, 0.15) is 44.9 Å². The van der Waals surface area contributed by atoms with Crippen LogP contribution in [0.25, 0.3) is 0 Å². The lowest BCUT2D eigenvalue weighted by Crippen LogP contribution is -2.49. The maximum absolute atomic E-state index is 12.8. The predicted octanol–water partition coefficient (Wildman–Crippen LogP) is 4.43. The van der Waals surface area contributed by atoms with Gasteiger partial charge in [0.2, 0.25) is 0 Å². The first kappa shape index (κ1) is 19.8. The number of likely N-dealkylation sites (tertiary alicyclic amines) is 1. The van der Waals surface area contributed by atoms with Gasteiger partial charge in [-0.3, -0.25) is 9.69 Å². The van der Waals surface area contributed by atoms with Crippen LogP contribution < -0.4 is 10.1 Å². The molecule has 1 aliphatic rings. The quantitative estimate of drug-likeness (QED) is 0.759. The van der Waals surface area contributed by atoms with Gasteiger partial charge >= 0.3 is 0 Å². The molecule has 0 saturated carbocycles. The van der Waals surface area contributed by atoms with Crippen LogP contribution in [0.4, 0.5) is 0 Å².